The molecule has 0 aliphatic carbocycles. The highest BCUT2D eigenvalue weighted by Crippen LogP contribution is 2.38. The number of amides is 2. The molecule has 0 bridgehead atoms. The first-order valence-electron chi connectivity index (χ1n) is 9.46. The lowest BCUT2D eigenvalue weighted by molar-refractivity contribution is -0.120. The zero-order chi connectivity index (χ0) is 22.1. The third-order valence-electron chi connectivity index (χ3n) is 4.97. The van der Waals surface area contributed by atoms with Gasteiger partial charge in [0.25, 0.3) is 11.8 Å². The van der Waals surface area contributed by atoms with E-state index >= 15 is 0 Å². The Morgan fingerprint density at radius 3 is 2.45 bits per heavy atom. The summed E-state index contributed by atoms with van der Waals surface area (Å²) in [5.41, 5.74) is 2.10. The summed E-state index contributed by atoms with van der Waals surface area (Å²) in [6, 6.07) is 17.5. The molecule has 0 unspecified atom stereocenters. The number of hydrogen-bond acceptors (Lipinski definition) is 4. The molecule has 31 heavy (non-hydrogen) atoms. The highest BCUT2D eigenvalue weighted by atomic mass is 35.5. The number of nitrogens with zero attached hydrogens (tertiary/aromatic N) is 1. The molecule has 0 radical (unpaired) electrons. The first-order valence-corrected chi connectivity index (χ1v) is 9.83. The summed E-state index contributed by atoms with van der Waals surface area (Å²) in [5.74, 6) is -1.15. The second-order valence-electron chi connectivity index (χ2n) is 6.96. The number of methoxy groups -OCH3 is 1. The number of carbonyl (C=O) groups excluding carboxylic acids is 2. The van der Waals surface area contributed by atoms with Gasteiger partial charge in [-0.05, 0) is 48.9 Å². The average molecular weight is 437 g/mol. The van der Waals surface area contributed by atoms with E-state index in [1.165, 1.54) is 25.3 Å². The molecule has 1 heterocycles. The summed E-state index contributed by atoms with van der Waals surface area (Å²) in [7, 11) is 1.48. The largest absolute Gasteiger partial charge is 0.496 e. The fourth-order valence-corrected chi connectivity index (χ4v) is 3.59. The quantitative estimate of drug-likeness (QED) is 0.559. The van der Waals surface area contributed by atoms with Gasteiger partial charge in [0, 0.05) is 16.3 Å². The summed E-state index contributed by atoms with van der Waals surface area (Å²) in [6.07, 6.45) is 0. The van der Waals surface area contributed by atoms with Gasteiger partial charge in [0.1, 0.15) is 17.3 Å². The van der Waals surface area contributed by atoms with Crippen molar-refractivity contribution in [1.29, 1.82) is 0 Å². The van der Waals surface area contributed by atoms with Crippen LogP contribution < -0.4 is 15.0 Å². The minimum Gasteiger partial charge on any atom is -0.496 e. The van der Waals surface area contributed by atoms with E-state index in [0.29, 0.717) is 27.7 Å². The normalized spacial score (nSPS) is 13.7. The monoisotopic (exact) mass is 436 g/mol. The molecular formula is C24H18ClFN2O3. The summed E-state index contributed by atoms with van der Waals surface area (Å²) in [6.45, 7) is 1.83. The maximum Gasteiger partial charge on any atom is 0.282 e. The molecule has 2 amide bonds. The molecular weight excluding hydrogens is 419 g/mol. The molecule has 0 spiro atoms. The molecule has 0 fully saturated rings. The van der Waals surface area contributed by atoms with E-state index in [9.17, 15) is 14.0 Å². The van der Waals surface area contributed by atoms with Crippen LogP contribution in [0, 0.1) is 12.7 Å². The maximum atomic E-state index is 13.7. The Morgan fingerprint density at radius 1 is 0.968 bits per heavy atom. The highest BCUT2D eigenvalue weighted by molar-refractivity contribution is 6.46. The molecule has 0 atom stereocenters. The van der Waals surface area contributed by atoms with Crippen molar-refractivity contribution in [2.24, 2.45) is 0 Å². The SMILES string of the molecule is COc1ccccc1C1=C(Nc2cccc(F)c2)C(=O)N(c2ccc(C)c(Cl)c2)C1=O. The van der Waals surface area contributed by atoms with Crippen LogP contribution in [0.4, 0.5) is 15.8 Å². The zero-order valence-corrected chi connectivity index (χ0v) is 17.5. The molecule has 3 aromatic carbocycles. The molecule has 0 aromatic heterocycles. The van der Waals surface area contributed by atoms with E-state index < -0.39 is 17.6 Å². The van der Waals surface area contributed by atoms with Crippen molar-refractivity contribution < 1.29 is 18.7 Å². The van der Waals surface area contributed by atoms with Gasteiger partial charge in [-0.25, -0.2) is 9.29 Å². The lowest BCUT2D eigenvalue weighted by Crippen LogP contribution is -2.32. The molecule has 7 heteroatoms. The Balaban J connectivity index is 1.87. The Morgan fingerprint density at radius 2 is 1.74 bits per heavy atom. The fourth-order valence-electron chi connectivity index (χ4n) is 3.41. The van der Waals surface area contributed by atoms with Crippen molar-refractivity contribution in [2.45, 2.75) is 6.92 Å². The number of rotatable bonds is 5. The predicted molar refractivity (Wildman–Crippen MR) is 119 cm³/mol. The number of nitrogens with one attached hydrogen (secondary N) is 1. The van der Waals surface area contributed by atoms with E-state index in [4.69, 9.17) is 16.3 Å². The first-order chi connectivity index (χ1) is 14.9. The van der Waals surface area contributed by atoms with Crippen molar-refractivity contribution in [3.63, 3.8) is 0 Å². The third kappa shape index (κ3) is 3.78. The Hall–Kier alpha value is -3.64. The molecule has 5 nitrogen and oxygen atoms in total. The number of imide groups is 1. The highest BCUT2D eigenvalue weighted by Gasteiger charge is 2.41. The number of anilines is 2. The molecule has 0 saturated carbocycles. The number of benzene rings is 3. The third-order valence-corrected chi connectivity index (χ3v) is 5.37. The van der Waals surface area contributed by atoms with E-state index in [1.54, 1.807) is 48.5 Å². The Bertz CT molecular complexity index is 1240. The minimum atomic E-state index is -0.574. The molecule has 1 aliphatic heterocycles. The summed E-state index contributed by atoms with van der Waals surface area (Å²) in [5, 5.41) is 3.36. The van der Waals surface area contributed by atoms with Gasteiger partial charge in [-0.2, -0.15) is 0 Å². The van der Waals surface area contributed by atoms with Gasteiger partial charge in [-0.3, -0.25) is 9.59 Å². The van der Waals surface area contributed by atoms with E-state index in [2.05, 4.69) is 5.32 Å². The molecule has 156 valence electrons. The number of hydrogen-bond donors (Lipinski definition) is 1. The van der Waals surface area contributed by atoms with Crippen molar-refractivity contribution in [3.8, 4) is 5.75 Å². The van der Waals surface area contributed by atoms with Crippen molar-refractivity contribution in [1.82, 2.24) is 0 Å². The minimum absolute atomic E-state index is 0.0248. The van der Waals surface area contributed by atoms with Crippen LogP contribution in [0.5, 0.6) is 5.75 Å². The van der Waals surface area contributed by atoms with Gasteiger partial charge in [-0.15, -0.1) is 0 Å². The lowest BCUT2D eigenvalue weighted by Gasteiger charge is -2.16. The average Bonchev–Trinajstić information content (AvgIpc) is 2.99. The van der Waals surface area contributed by atoms with E-state index in [1.807, 2.05) is 6.92 Å². The summed E-state index contributed by atoms with van der Waals surface area (Å²) < 4.78 is 19.1. The molecule has 1 aliphatic rings. The van der Waals surface area contributed by atoms with Crippen LogP contribution in [-0.2, 0) is 9.59 Å². The van der Waals surface area contributed by atoms with Crippen LogP contribution in [0.25, 0.3) is 5.57 Å². The summed E-state index contributed by atoms with van der Waals surface area (Å²) >= 11 is 6.23. The topological polar surface area (TPSA) is 58.6 Å². The first kappa shape index (κ1) is 20.6. The standard InChI is InChI=1S/C24H18ClFN2O3/c1-14-10-11-17(13-19(14)25)28-23(29)21(18-8-3-4-9-20(18)31-2)22(24(28)30)27-16-7-5-6-15(26)12-16/h3-13,27H,1-2H3. The van der Waals surface area contributed by atoms with Crippen LogP contribution in [-0.4, -0.2) is 18.9 Å². The molecule has 3 aromatic rings. The van der Waals surface area contributed by atoms with Crippen LogP contribution >= 0.6 is 11.6 Å². The number of aryl methyl sites for hydroxylation is 1. The number of ether oxygens (including phenoxy) is 1. The van der Waals surface area contributed by atoms with Gasteiger partial charge in [0.05, 0.1) is 18.4 Å². The fraction of sp³-hybridized carbons (Fsp3) is 0.0833. The van der Waals surface area contributed by atoms with Gasteiger partial charge in [-0.1, -0.05) is 41.9 Å². The predicted octanol–water partition coefficient (Wildman–Crippen LogP) is 5.19. The smallest absolute Gasteiger partial charge is 0.282 e. The van der Waals surface area contributed by atoms with E-state index in [0.717, 1.165) is 10.5 Å². The Kier molecular flexibility index (Phi) is 5.48. The summed E-state index contributed by atoms with van der Waals surface area (Å²) in [4.78, 5) is 27.9. The molecule has 1 N–H and O–H groups in total. The van der Waals surface area contributed by atoms with Gasteiger partial charge < -0.3 is 10.1 Å². The molecule has 4 rings (SSSR count). The second-order valence-corrected chi connectivity index (χ2v) is 7.37. The van der Waals surface area contributed by atoms with Crippen molar-refractivity contribution in [3.05, 3.63) is 94.4 Å². The second kappa shape index (κ2) is 8.24. The molecule has 0 saturated heterocycles. The van der Waals surface area contributed by atoms with Crippen LogP contribution in [0.2, 0.25) is 5.02 Å². The van der Waals surface area contributed by atoms with Crippen molar-refractivity contribution in [2.75, 3.05) is 17.3 Å². The van der Waals surface area contributed by atoms with Gasteiger partial charge in [0.2, 0.25) is 0 Å². The number of carbonyl (C=O) groups is 2. The van der Waals surface area contributed by atoms with Crippen molar-refractivity contribution >= 4 is 40.4 Å². The van der Waals surface area contributed by atoms with E-state index in [-0.39, 0.29) is 11.3 Å². The maximum absolute atomic E-state index is 13.7. The van der Waals surface area contributed by atoms with Gasteiger partial charge >= 0.3 is 0 Å². The van der Waals surface area contributed by atoms with Crippen LogP contribution in [0.1, 0.15) is 11.1 Å². The zero-order valence-electron chi connectivity index (χ0n) is 16.8. The lowest BCUT2D eigenvalue weighted by atomic mass is 10.0. The van der Waals surface area contributed by atoms with Crippen LogP contribution in [0.3, 0.4) is 0 Å². The van der Waals surface area contributed by atoms with Gasteiger partial charge in [0.15, 0.2) is 0 Å². The van der Waals surface area contributed by atoms with Crippen LogP contribution in [0.15, 0.2) is 72.4 Å². The number of para-hydroxylation sites is 1. The Labute approximate surface area is 183 Å². The number of halogens is 2.